The molecule has 4 heteroatoms. The smallest absolute Gasteiger partial charge is 0.0472 e. The molecule has 0 radical (unpaired) electrons. The maximum absolute atomic E-state index is 8.94. The highest BCUT2D eigenvalue weighted by Gasteiger charge is 2.01. The molecule has 0 fully saturated rings. The van der Waals surface area contributed by atoms with Crippen LogP contribution in [0, 0.1) is 0 Å². The predicted octanol–water partition coefficient (Wildman–Crippen LogP) is 2.48. The maximum atomic E-state index is 8.94. The van der Waals surface area contributed by atoms with Gasteiger partial charge in [0.25, 0.3) is 0 Å². The third-order valence-corrected chi connectivity index (χ3v) is 3.33. The standard InChI is InChI=1S/C13H16N2OS/c14-13-2-1-12(7-11(13)3-5-16)15-8-10-4-6-17-9-10/h1-2,4,6-7,9,15-16H,3,5,8,14H2. The van der Waals surface area contributed by atoms with Gasteiger partial charge >= 0.3 is 0 Å². The van der Waals surface area contributed by atoms with Gasteiger partial charge in [-0.15, -0.1) is 0 Å². The minimum absolute atomic E-state index is 0.123. The first kappa shape index (κ1) is 12.0. The zero-order valence-electron chi connectivity index (χ0n) is 9.52. The van der Waals surface area contributed by atoms with Gasteiger partial charge in [-0.1, -0.05) is 0 Å². The van der Waals surface area contributed by atoms with Crippen molar-refractivity contribution in [2.24, 2.45) is 0 Å². The molecule has 1 aromatic heterocycles. The van der Waals surface area contributed by atoms with E-state index in [1.165, 1.54) is 5.56 Å². The van der Waals surface area contributed by atoms with Crippen molar-refractivity contribution in [1.82, 2.24) is 0 Å². The minimum Gasteiger partial charge on any atom is -0.399 e. The molecule has 0 amide bonds. The van der Waals surface area contributed by atoms with Crippen LogP contribution < -0.4 is 11.1 Å². The molecule has 0 atom stereocenters. The van der Waals surface area contributed by atoms with Crippen LogP contribution >= 0.6 is 11.3 Å². The molecule has 0 aliphatic carbocycles. The van der Waals surface area contributed by atoms with E-state index in [-0.39, 0.29) is 6.61 Å². The number of nitrogens with two attached hydrogens (primary N) is 1. The van der Waals surface area contributed by atoms with Crippen LogP contribution in [0.4, 0.5) is 11.4 Å². The Labute approximate surface area is 105 Å². The molecule has 17 heavy (non-hydrogen) atoms. The number of aliphatic hydroxyl groups excluding tert-OH is 1. The fourth-order valence-corrected chi connectivity index (χ4v) is 2.32. The van der Waals surface area contributed by atoms with Crippen molar-refractivity contribution in [1.29, 1.82) is 0 Å². The largest absolute Gasteiger partial charge is 0.399 e. The molecule has 1 aromatic carbocycles. The molecule has 2 rings (SSSR count). The summed E-state index contributed by atoms with van der Waals surface area (Å²) in [6.45, 7) is 0.935. The van der Waals surface area contributed by atoms with Crippen LogP contribution in [0.2, 0.25) is 0 Å². The van der Waals surface area contributed by atoms with Gasteiger partial charge in [-0.25, -0.2) is 0 Å². The van der Waals surface area contributed by atoms with E-state index >= 15 is 0 Å². The van der Waals surface area contributed by atoms with Gasteiger partial charge in [0.1, 0.15) is 0 Å². The van der Waals surface area contributed by atoms with Crippen LogP contribution in [-0.4, -0.2) is 11.7 Å². The van der Waals surface area contributed by atoms with E-state index in [0.717, 1.165) is 23.5 Å². The summed E-state index contributed by atoms with van der Waals surface area (Å²) in [4.78, 5) is 0. The molecule has 90 valence electrons. The summed E-state index contributed by atoms with van der Waals surface area (Å²) in [5.74, 6) is 0. The first-order valence-electron chi connectivity index (χ1n) is 5.54. The number of nitrogen functional groups attached to an aromatic ring is 1. The average molecular weight is 248 g/mol. The second-order valence-electron chi connectivity index (χ2n) is 3.87. The van der Waals surface area contributed by atoms with Crippen LogP contribution in [0.25, 0.3) is 0 Å². The number of benzene rings is 1. The van der Waals surface area contributed by atoms with E-state index in [1.807, 2.05) is 18.2 Å². The summed E-state index contributed by atoms with van der Waals surface area (Å²) in [5.41, 5.74) is 9.86. The predicted molar refractivity (Wildman–Crippen MR) is 73.3 cm³/mol. The summed E-state index contributed by atoms with van der Waals surface area (Å²) in [6, 6.07) is 7.94. The van der Waals surface area contributed by atoms with Gasteiger partial charge in [-0.2, -0.15) is 11.3 Å². The van der Waals surface area contributed by atoms with E-state index in [1.54, 1.807) is 11.3 Å². The summed E-state index contributed by atoms with van der Waals surface area (Å²) in [7, 11) is 0. The van der Waals surface area contributed by atoms with Crippen LogP contribution in [0.5, 0.6) is 0 Å². The SMILES string of the molecule is Nc1ccc(NCc2ccsc2)cc1CCO. The Hall–Kier alpha value is -1.52. The van der Waals surface area contributed by atoms with Gasteiger partial charge in [0.2, 0.25) is 0 Å². The number of anilines is 2. The van der Waals surface area contributed by atoms with E-state index in [9.17, 15) is 0 Å². The zero-order valence-corrected chi connectivity index (χ0v) is 10.3. The van der Waals surface area contributed by atoms with Crippen LogP contribution in [0.1, 0.15) is 11.1 Å². The van der Waals surface area contributed by atoms with Gasteiger partial charge in [0.05, 0.1) is 0 Å². The number of thiophene rings is 1. The van der Waals surface area contributed by atoms with Gasteiger partial charge in [0.15, 0.2) is 0 Å². The number of hydrogen-bond donors (Lipinski definition) is 3. The summed E-state index contributed by atoms with van der Waals surface area (Å²) in [6.07, 6.45) is 0.597. The van der Waals surface area contributed by atoms with E-state index in [2.05, 4.69) is 22.1 Å². The van der Waals surface area contributed by atoms with E-state index in [4.69, 9.17) is 10.8 Å². The molecule has 0 aliphatic heterocycles. The molecule has 0 aliphatic rings. The van der Waals surface area contributed by atoms with Crippen molar-refractivity contribution in [3.8, 4) is 0 Å². The summed E-state index contributed by atoms with van der Waals surface area (Å²) < 4.78 is 0. The monoisotopic (exact) mass is 248 g/mol. The number of aliphatic hydroxyl groups is 1. The van der Waals surface area contributed by atoms with Gasteiger partial charge in [0, 0.05) is 24.5 Å². The van der Waals surface area contributed by atoms with Crippen LogP contribution in [-0.2, 0) is 13.0 Å². The Bertz CT molecular complexity index is 468. The number of nitrogens with one attached hydrogen (secondary N) is 1. The first-order chi connectivity index (χ1) is 8.29. The van der Waals surface area contributed by atoms with Crippen LogP contribution in [0.15, 0.2) is 35.0 Å². The van der Waals surface area contributed by atoms with Crippen molar-refractivity contribution in [3.63, 3.8) is 0 Å². The van der Waals surface area contributed by atoms with Gasteiger partial charge in [-0.3, -0.25) is 0 Å². The molecule has 1 heterocycles. The van der Waals surface area contributed by atoms with E-state index in [0.29, 0.717) is 6.42 Å². The lowest BCUT2D eigenvalue weighted by Crippen LogP contribution is -2.02. The second kappa shape index (κ2) is 5.70. The molecule has 0 saturated carbocycles. The Morgan fingerprint density at radius 2 is 2.18 bits per heavy atom. The lowest BCUT2D eigenvalue weighted by atomic mass is 10.1. The molecule has 0 saturated heterocycles. The molecule has 0 spiro atoms. The fraction of sp³-hybridized carbons (Fsp3) is 0.231. The highest BCUT2D eigenvalue weighted by atomic mass is 32.1. The third kappa shape index (κ3) is 3.22. The average Bonchev–Trinajstić information content (AvgIpc) is 2.83. The molecule has 2 aromatic rings. The Balaban J connectivity index is 2.03. The fourth-order valence-electron chi connectivity index (χ4n) is 1.65. The van der Waals surface area contributed by atoms with Gasteiger partial charge < -0.3 is 16.2 Å². The normalized spacial score (nSPS) is 10.4. The molecule has 0 unspecified atom stereocenters. The molecular formula is C13H16N2OS. The maximum Gasteiger partial charge on any atom is 0.0472 e. The van der Waals surface area contributed by atoms with Crippen molar-refractivity contribution in [3.05, 3.63) is 46.2 Å². The lowest BCUT2D eigenvalue weighted by molar-refractivity contribution is 0.300. The second-order valence-corrected chi connectivity index (χ2v) is 4.65. The van der Waals surface area contributed by atoms with E-state index < -0.39 is 0 Å². The molecule has 4 N–H and O–H groups in total. The minimum atomic E-state index is 0.123. The first-order valence-corrected chi connectivity index (χ1v) is 6.48. The Morgan fingerprint density at radius 3 is 2.88 bits per heavy atom. The number of rotatable bonds is 5. The number of hydrogen-bond acceptors (Lipinski definition) is 4. The Morgan fingerprint density at radius 1 is 1.29 bits per heavy atom. The van der Waals surface area contributed by atoms with Crippen molar-refractivity contribution < 1.29 is 5.11 Å². The topological polar surface area (TPSA) is 58.3 Å². The van der Waals surface area contributed by atoms with Crippen molar-refractivity contribution in [2.45, 2.75) is 13.0 Å². The highest BCUT2D eigenvalue weighted by molar-refractivity contribution is 7.07. The highest BCUT2D eigenvalue weighted by Crippen LogP contribution is 2.19. The third-order valence-electron chi connectivity index (χ3n) is 2.60. The summed E-state index contributed by atoms with van der Waals surface area (Å²) in [5, 5.41) is 16.5. The quantitative estimate of drug-likeness (QED) is 0.712. The Kier molecular flexibility index (Phi) is 4.01. The van der Waals surface area contributed by atoms with Crippen molar-refractivity contribution >= 4 is 22.7 Å². The zero-order chi connectivity index (χ0) is 12.1. The molecule has 0 bridgehead atoms. The molecule has 3 nitrogen and oxygen atoms in total. The van der Waals surface area contributed by atoms with Crippen LogP contribution in [0.3, 0.4) is 0 Å². The summed E-state index contributed by atoms with van der Waals surface area (Å²) >= 11 is 1.70. The van der Waals surface area contributed by atoms with Gasteiger partial charge in [-0.05, 0) is 52.6 Å². The van der Waals surface area contributed by atoms with Crippen molar-refractivity contribution in [2.75, 3.05) is 17.7 Å². The lowest BCUT2D eigenvalue weighted by Gasteiger charge is -2.09. The molecular weight excluding hydrogens is 232 g/mol.